The molecule has 0 spiro atoms. The Balaban J connectivity index is 1.45. The monoisotopic (exact) mass is 487 g/mol. The van der Waals surface area contributed by atoms with Crippen LogP contribution in [0.25, 0.3) is 11.0 Å². The minimum Gasteiger partial charge on any atom is -0.327 e. The van der Waals surface area contributed by atoms with Crippen LogP contribution in [-0.2, 0) is 32.7 Å². The van der Waals surface area contributed by atoms with Gasteiger partial charge in [-0.25, -0.2) is 23.1 Å². The first-order valence-electron chi connectivity index (χ1n) is 12.0. The molecule has 5 rings (SSSR count). The number of aromatic nitrogens is 2. The van der Waals surface area contributed by atoms with Gasteiger partial charge in [-0.1, -0.05) is 19.3 Å². The van der Waals surface area contributed by atoms with Crippen molar-refractivity contribution in [3.8, 4) is 0 Å². The van der Waals surface area contributed by atoms with Gasteiger partial charge in [-0.15, -0.1) is 0 Å². The van der Waals surface area contributed by atoms with Crippen LogP contribution < -0.4 is 0 Å². The molecule has 0 N–H and O–H groups in total. The largest absolute Gasteiger partial charge is 0.334 e. The average Bonchev–Trinajstić information content (AvgIpc) is 3.53. The molecule has 0 radical (unpaired) electrons. The average molecular weight is 488 g/mol. The van der Waals surface area contributed by atoms with E-state index < -0.39 is 27.9 Å². The molecule has 2 saturated heterocycles. The molecule has 1 aromatic carbocycles. The number of carbonyl (C=O) groups is 3. The highest BCUT2D eigenvalue weighted by molar-refractivity contribution is 7.89. The molecule has 2 aliphatic heterocycles. The number of carbonyl (C=O) groups excluding carboxylic acids is 3. The summed E-state index contributed by atoms with van der Waals surface area (Å²) < 4.78 is 29.6. The molecule has 3 aliphatic rings. The third kappa shape index (κ3) is 3.70. The zero-order chi connectivity index (χ0) is 24.0. The van der Waals surface area contributed by atoms with Crippen molar-refractivity contribution in [2.24, 2.45) is 0 Å². The molecule has 3 heterocycles. The van der Waals surface area contributed by atoms with Crippen LogP contribution in [0, 0.1) is 0 Å². The fraction of sp³-hybridized carbons (Fsp3) is 0.565. The van der Waals surface area contributed by atoms with E-state index in [-0.39, 0.29) is 17.5 Å². The Bertz CT molecular complexity index is 1260. The Kier molecular flexibility index (Phi) is 5.93. The Morgan fingerprint density at radius 1 is 0.971 bits per heavy atom. The first-order chi connectivity index (χ1) is 16.3. The molecular formula is C23H29N5O5S. The van der Waals surface area contributed by atoms with E-state index in [0.717, 1.165) is 54.7 Å². The number of rotatable bonds is 6. The van der Waals surface area contributed by atoms with E-state index >= 15 is 0 Å². The fourth-order valence-electron chi connectivity index (χ4n) is 5.34. The van der Waals surface area contributed by atoms with E-state index in [1.54, 1.807) is 18.2 Å². The van der Waals surface area contributed by atoms with Crippen LogP contribution in [0.4, 0.5) is 4.79 Å². The van der Waals surface area contributed by atoms with Gasteiger partial charge in [-0.2, -0.15) is 4.31 Å². The number of amides is 4. The number of aryl methyl sites for hydroxylation is 1. The summed E-state index contributed by atoms with van der Waals surface area (Å²) >= 11 is 0. The van der Waals surface area contributed by atoms with Gasteiger partial charge < -0.3 is 4.57 Å². The first-order valence-corrected chi connectivity index (χ1v) is 13.4. The highest BCUT2D eigenvalue weighted by Crippen LogP contribution is 2.30. The summed E-state index contributed by atoms with van der Waals surface area (Å²) in [5.74, 6) is -1.17. The molecule has 1 aliphatic carbocycles. The lowest BCUT2D eigenvalue weighted by Gasteiger charge is -2.25. The van der Waals surface area contributed by atoms with E-state index in [0.29, 0.717) is 36.5 Å². The van der Waals surface area contributed by atoms with Gasteiger partial charge in [0, 0.05) is 25.7 Å². The summed E-state index contributed by atoms with van der Waals surface area (Å²) in [5.41, 5.74) is 1.20. The molecule has 34 heavy (non-hydrogen) atoms. The maximum Gasteiger partial charge on any atom is 0.334 e. The van der Waals surface area contributed by atoms with Crippen LogP contribution in [0.3, 0.4) is 0 Å². The molecular weight excluding hydrogens is 458 g/mol. The molecule has 4 amide bonds. The molecule has 0 unspecified atom stereocenters. The molecule has 0 bridgehead atoms. The van der Waals surface area contributed by atoms with Crippen molar-refractivity contribution in [3.05, 3.63) is 24.0 Å². The van der Waals surface area contributed by atoms with Gasteiger partial charge in [0.15, 0.2) is 0 Å². The van der Waals surface area contributed by atoms with Crippen LogP contribution in [0.5, 0.6) is 0 Å². The number of fused-ring (bicyclic) bond motifs is 1. The summed E-state index contributed by atoms with van der Waals surface area (Å²) in [7, 11) is -3.61. The molecule has 1 saturated carbocycles. The first kappa shape index (κ1) is 23.0. The van der Waals surface area contributed by atoms with Gasteiger partial charge in [-0.05, 0) is 50.8 Å². The fourth-order valence-corrected chi connectivity index (χ4v) is 6.87. The number of hydrogen-bond acceptors (Lipinski definition) is 6. The molecule has 3 fully saturated rings. The lowest BCUT2D eigenvalue weighted by Crippen LogP contribution is -2.39. The lowest BCUT2D eigenvalue weighted by molar-refractivity contribution is -0.144. The van der Waals surface area contributed by atoms with Gasteiger partial charge in [0.05, 0.1) is 22.5 Å². The number of imidazole rings is 1. The number of nitrogens with zero attached hydrogens (tertiary/aromatic N) is 5. The van der Waals surface area contributed by atoms with E-state index in [1.807, 2.05) is 11.5 Å². The normalized spacial score (nSPS) is 20.9. The summed E-state index contributed by atoms with van der Waals surface area (Å²) in [5, 5.41) is 0. The second kappa shape index (κ2) is 8.77. The van der Waals surface area contributed by atoms with Crippen molar-refractivity contribution < 1.29 is 22.8 Å². The van der Waals surface area contributed by atoms with E-state index in [1.165, 1.54) is 4.31 Å². The number of urea groups is 1. The predicted molar refractivity (Wildman–Crippen MR) is 123 cm³/mol. The molecule has 11 heteroatoms. The number of benzene rings is 1. The summed E-state index contributed by atoms with van der Waals surface area (Å²) in [6.45, 7) is 3.32. The van der Waals surface area contributed by atoms with Gasteiger partial charge in [0.2, 0.25) is 10.0 Å². The zero-order valence-corrected chi connectivity index (χ0v) is 20.1. The standard InChI is InChI=1S/C23H29N5O5S/c1-2-26-19-11-10-17(34(32,33)25-12-6-3-7-13-25)14-18(19)24-20(26)15-27-21(29)22(30)28(23(27)31)16-8-4-5-9-16/h10-11,14,16H,2-9,12-13,15H2,1H3. The SMILES string of the molecule is CCn1c(CN2C(=O)C(=O)N(C3CCCC3)C2=O)nc2cc(S(=O)(=O)N3CCCCC3)ccc21. The number of sulfonamides is 1. The molecule has 2 aromatic rings. The quantitative estimate of drug-likeness (QED) is 0.457. The molecule has 1 aromatic heterocycles. The molecule has 10 nitrogen and oxygen atoms in total. The second-order valence-electron chi connectivity index (χ2n) is 9.17. The van der Waals surface area contributed by atoms with Crippen LogP contribution >= 0.6 is 0 Å². The van der Waals surface area contributed by atoms with Crippen molar-refractivity contribution in [1.29, 1.82) is 0 Å². The lowest BCUT2D eigenvalue weighted by atomic mass is 10.2. The Morgan fingerprint density at radius 2 is 1.68 bits per heavy atom. The van der Waals surface area contributed by atoms with Crippen LogP contribution in [-0.4, -0.2) is 69.1 Å². The smallest absolute Gasteiger partial charge is 0.327 e. The number of piperidine rings is 1. The Hall–Kier alpha value is -2.79. The van der Waals surface area contributed by atoms with Crippen LogP contribution in [0.1, 0.15) is 57.7 Å². The summed E-state index contributed by atoms with van der Waals surface area (Å²) in [4.78, 5) is 45.0. The van der Waals surface area contributed by atoms with Crippen LogP contribution in [0.2, 0.25) is 0 Å². The Morgan fingerprint density at radius 3 is 2.35 bits per heavy atom. The van der Waals surface area contributed by atoms with Gasteiger partial charge in [0.25, 0.3) is 0 Å². The van der Waals surface area contributed by atoms with Crippen molar-refractivity contribution in [3.63, 3.8) is 0 Å². The van der Waals surface area contributed by atoms with Crippen molar-refractivity contribution >= 4 is 38.9 Å². The molecule has 0 atom stereocenters. The minimum absolute atomic E-state index is 0.136. The predicted octanol–water partition coefficient (Wildman–Crippen LogP) is 2.46. The zero-order valence-electron chi connectivity index (χ0n) is 19.3. The van der Waals surface area contributed by atoms with Gasteiger partial charge >= 0.3 is 17.8 Å². The van der Waals surface area contributed by atoms with Gasteiger partial charge in [-0.3, -0.25) is 14.5 Å². The third-order valence-corrected chi connectivity index (χ3v) is 9.04. The van der Waals surface area contributed by atoms with Crippen LogP contribution in [0.15, 0.2) is 23.1 Å². The Labute approximate surface area is 198 Å². The second-order valence-corrected chi connectivity index (χ2v) is 11.1. The van der Waals surface area contributed by atoms with Crippen molar-refractivity contribution in [1.82, 2.24) is 23.7 Å². The van der Waals surface area contributed by atoms with Crippen molar-refractivity contribution in [2.45, 2.75) is 75.9 Å². The summed E-state index contributed by atoms with van der Waals surface area (Å²) in [6, 6.07) is 4.04. The molecule has 182 valence electrons. The number of hydrogen-bond donors (Lipinski definition) is 0. The van der Waals surface area contributed by atoms with Gasteiger partial charge in [0.1, 0.15) is 5.82 Å². The maximum absolute atomic E-state index is 13.1. The number of imide groups is 2. The topological polar surface area (TPSA) is 113 Å². The summed E-state index contributed by atoms with van der Waals surface area (Å²) in [6.07, 6.45) is 6.05. The van der Waals surface area contributed by atoms with E-state index in [9.17, 15) is 22.8 Å². The highest BCUT2D eigenvalue weighted by Gasteiger charge is 2.48. The third-order valence-electron chi connectivity index (χ3n) is 7.14. The van der Waals surface area contributed by atoms with E-state index in [4.69, 9.17) is 0 Å². The van der Waals surface area contributed by atoms with E-state index in [2.05, 4.69) is 4.98 Å². The maximum atomic E-state index is 13.1. The highest BCUT2D eigenvalue weighted by atomic mass is 32.2. The minimum atomic E-state index is -3.61. The van der Waals surface area contributed by atoms with Crippen molar-refractivity contribution in [2.75, 3.05) is 13.1 Å².